The van der Waals surface area contributed by atoms with E-state index >= 15 is 0 Å². The van der Waals surface area contributed by atoms with Crippen LogP contribution >= 0.6 is 0 Å². The lowest BCUT2D eigenvalue weighted by molar-refractivity contribution is -0.122. The first-order chi connectivity index (χ1) is 8.97. The second-order valence-corrected chi connectivity index (χ2v) is 5.45. The number of nitrogen functional groups attached to an aromatic ring is 1. The molecule has 19 heavy (non-hydrogen) atoms. The van der Waals surface area contributed by atoms with Gasteiger partial charge in [0.25, 0.3) is 0 Å². The van der Waals surface area contributed by atoms with Crippen LogP contribution in [0.2, 0.25) is 0 Å². The van der Waals surface area contributed by atoms with Gasteiger partial charge in [-0.1, -0.05) is 26.0 Å². The lowest BCUT2D eigenvalue weighted by atomic mass is 10.1. The maximum absolute atomic E-state index is 11.7. The Bertz CT molecular complexity index is 404. The molecule has 4 heteroatoms. The van der Waals surface area contributed by atoms with E-state index in [1.807, 2.05) is 36.2 Å². The van der Waals surface area contributed by atoms with Gasteiger partial charge >= 0.3 is 0 Å². The van der Waals surface area contributed by atoms with Crippen LogP contribution in [0.4, 0.5) is 5.69 Å². The molecule has 0 spiro atoms. The Balaban J connectivity index is 2.30. The number of nitrogens with zero attached hydrogens (tertiary/aromatic N) is 1. The summed E-state index contributed by atoms with van der Waals surface area (Å²) in [6.45, 7) is 6.19. The molecule has 1 aromatic rings. The number of nitrogens with one attached hydrogen (secondary N) is 1. The summed E-state index contributed by atoms with van der Waals surface area (Å²) in [5, 5.41) is 2.94. The van der Waals surface area contributed by atoms with E-state index in [0.717, 1.165) is 30.8 Å². The number of carbonyl (C=O) groups is 1. The van der Waals surface area contributed by atoms with Crippen molar-refractivity contribution in [3.63, 3.8) is 0 Å². The number of rotatable bonds is 7. The lowest BCUT2D eigenvalue weighted by Crippen LogP contribution is -2.35. The van der Waals surface area contributed by atoms with E-state index in [0.29, 0.717) is 12.5 Å². The second kappa shape index (κ2) is 7.79. The highest BCUT2D eigenvalue weighted by Crippen LogP contribution is 2.08. The zero-order chi connectivity index (χ0) is 14.3. The average molecular weight is 263 g/mol. The Morgan fingerprint density at radius 2 is 2.16 bits per heavy atom. The van der Waals surface area contributed by atoms with Crippen molar-refractivity contribution in [1.29, 1.82) is 0 Å². The molecule has 4 nitrogen and oxygen atoms in total. The fourth-order valence-corrected chi connectivity index (χ4v) is 1.86. The van der Waals surface area contributed by atoms with E-state index in [1.54, 1.807) is 0 Å². The summed E-state index contributed by atoms with van der Waals surface area (Å²) >= 11 is 0. The smallest absolute Gasteiger partial charge is 0.234 e. The van der Waals surface area contributed by atoms with Crippen LogP contribution in [0.15, 0.2) is 24.3 Å². The van der Waals surface area contributed by atoms with Crippen LogP contribution in [-0.4, -0.2) is 30.9 Å². The Labute approximate surface area is 116 Å². The van der Waals surface area contributed by atoms with Crippen LogP contribution < -0.4 is 11.1 Å². The SMILES string of the molecule is CC(C)CCNC(=O)CN(C)Cc1cccc(N)c1. The van der Waals surface area contributed by atoms with Gasteiger partial charge in [0.1, 0.15) is 0 Å². The predicted octanol–water partition coefficient (Wildman–Crippen LogP) is 1.86. The minimum atomic E-state index is 0.0760. The van der Waals surface area contributed by atoms with Gasteiger partial charge < -0.3 is 11.1 Å². The molecule has 0 fully saturated rings. The Morgan fingerprint density at radius 3 is 2.79 bits per heavy atom. The fourth-order valence-electron chi connectivity index (χ4n) is 1.86. The third-order valence-corrected chi connectivity index (χ3v) is 2.86. The summed E-state index contributed by atoms with van der Waals surface area (Å²) in [7, 11) is 1.94. The Kier molecular flexibility index (Phi) is 6.36. The van der Waals surface area contributed by atoms with E-state index in [4.69, 9.17) is 5.73 Å². The fraction of sp³-hybridized carbons (Fsp3) is 0.533. The number of hydrogen-bond acceptors (Lipinski definition) is 3. The van der Waals surface area contributed by atoms with Gasteiger partial charge in [0, 0.05) is 18.8 Å². The third kappa shape index (κ3) is 6.82. The summed E-state index contributed by atoms with van der Waals surface area (Å²) in [5.41, 5.74) is 7.61. The van der Waals surface area contributed by atoms with Gasteiger partial charge in [0.15, 0.2) is 0 Å². The largest absolute Gasteiger partial charge is 0.399 e. The topological polar surface area (TPSA) is 58.4 Å². The molecular weight excluding hydrogens is 238 g/mol. The van der Waals surface area contributed by atoms with Crippen LogP contribution in [0.25, 0.3) is 0 Å². The summed E-state index contributed by atoms with van der Waals surface area (Å²) in [4.78, 5) is 13.7. The number of nitrogens with two attached hydrogens (primary N) is 1. The van der Waals surface area contributed by atoms with Crippen molar-refractivity contribution in [3.05, 3.63) is 29.8 Å². The van der Waals surface area contributed by atoms with E-state index in [-0.39, 0.29) is 5.91 Å². The molecule has 0 atom stereocenters. The summed E-state index contributed by atoms with van der Waals surface area (Å²) < 4.78 is 0. The Morgan fingerprint density at radius 1 is 1.42 bits per heavy atom. The highest BCUT2D eigenvalue weighted by Gasteiger charge is 2.07. The summed E-state index contributed by atoms with van der Waals surface area (Å²) in [5.74, 6) is 0.692. The van der Waals surface area contributed by atoms with E-state index < -0.39 is 0 Å². The van der Waals surface area contributed by atoms with Crippen LogP contribution in [0.5, 0.6) is 0 Å². The zero-order valence-electron chi connectivity index (χ0n) is 12.1. The van der Waals surface area contributed by atoms with E-state index in [1.165, 1.54) is 0 Å². The van der Waals surface area contributed by atoms with Gasteiger partial charge in [-0.15, -0.1) is 0 Å². The molecular formula is C15H25N3O. The lowest BCUT2D eigenvalue weighted by Gasteiger charge is -2.17. The molecule has 0 radical (unpaired) electrons. The predicted molar refractivity (Wildman–Crippen MR) is 79.7 cm³/mol. The normalized spacial score (nSPS) is 11.0. The van der Waals surface area contributed by atoms with Crippen molar-refractivity contribution in [3.8, 4) is 0 Å². The molecule has 0 aliphatic carbocycles. The van der Waals surface area contributed by atoms with Crippen LogP contribution in [0.3, 0.4) is 0 Å². The molecule has 0 saturated carbocycles. The number of carbonyl (C=O) groups excluding carboxylic acids is 1. The number of anilines is 1. The quantitative estimate of drug-likeness (QED) is 0.738. The molecule has 0 aliphatic rings. The van der Waals surface area contributed by atoms with Gasteiger partial charge in [0.05, 0.1) is 6.54 Å². The first kappa shape index (κ1) is 15.5. The van der Waals surface area contributed by atoms with Crippen LogP contribution in [0.1, 0.15) is 25.8 Å². The number of likely N-dealkylation sites (N-methyl/N-ethyl adjacent to an activating group) is 1. The first-order valence-electron chi connectivity index (χ1n) is 6.77. The molecule has 1 aromatic carbocycles. The number of amides is 1. The van der Waals surface area contributed by atoms with Gasteiger partial charge in [-0.3, -0.25) is 9.69 Å². The van der Waals surface area contributed by atoms with E-state index in [2.05, 4.69) is 19.2 Å². The minimum Gasteiger partial charge on any atom is -0.399 e. The minimum absolute atomic E-state index is 0.0760. The number of benzene rings is 1. The van der Waals surface area contributed by atoms with Crippen molar-refractivity contribution in [2.75, 3.05) is 25.9 Å². The molecule has 0 aromatic heterocycles. The molecule has 0 aliphatic heterocycles. The highest BCUT2D eigenvalue weighted by molar-refractivity contribution is 5.77. The standard InChI is InChI=1S/C15H25N3O/c1-12(2)7-8-17-15(19)11-18(3)10-13-5-4-6-14(16)9-13/h4-6,9,12H,7-8,10-11,16H2,1-3H3,(H,17,19). The van der Waals surface area contributed by atoms with Crippen LogP contribution in [0, 0.1) is 5.92 Å². The molecule has 0 bridgehead atoms. The average Bonchev–Trinajstić information content (AvgIpc) is 2.27. The monoisotopic (exact) mass is 263 g/mol. The zero-order valence-corrected chi connectivity index (χ0v) is 12.1. The van der Waals surface area contributed by atoms with Crippen molar-refractivity contribution in [1.82, 2.24) is 10.2 Å². The summed E-state index contributed by atoms with van der Waals surface area (Å²) in [6, 6.07) is 7.75. The maximum atomic E-state index is 11.7. The molecule has 106 valence electrons. The van der Waals surface area contributed by atoms with Crippen LogP contribution in [-0.2, 0) is 11.3 Å². The van der Waals surface area contributed by atoms with Crippen molar-refractivity contribution in [2.45, 2.75) is 26.8 Å². The van der Waals surface area contributed by atoms with Crippen molar-refractivity contribution < 1.29 is 4.79 Å². The Hall–Kier alpha value is -1.55. The van der Waals surface area contributed by atoms with Gasteiger partial charge in [-0.25, -0.2) is 0 Å². The molecule has 1 amide bonds. The van der Waals surface area contributed by atoms with Gasteiger partial charge in [-0.2, -0.15) is 0 Å². The molecule has 1 rings (SSSR count). The van der Waals surface area contributed by atoms with Gasteiger partial charge in [-0.05, 0) is 37.1 Å². The summed E-state index contributed by atoms with van der Waals surface area (Å²) in [6.07, 6.45) is 1.02. The molecule has 0 unspecified atom stereocenters. The van der Waals surface area contributed by atoms with E-state index in [9.17, 15) is 4.79 Å². The second-order valence-electron chi connectivity index (χ2n) is 5.45. The van der Waals surface area contributed by atoms with Crippen molar-refractivity contribution >= 4 is 11.6 Å². The van der Waals surface area contributed by atoms with Crippen molar-refractivity contribution in [2.24, 2.45) is 5.92 Å². The molecule has 3 N–H and O–H groups in total. The third-order valence-electron chi connectivity index (χ3n) is 2.86. The maximum Gasteiger partial charge on any atom is 0.234 e. The molecule has 0 saturated heterocycles. The number of hydrogen-bond donors (Lipinski definition) is 2. The molecule has 0 heterocycles. The first-order valence-corrected chi connectivity index (χ1v) is 6.77. The highest BCUT2D eigenvalue weighted by atomic mass is 16.2. The van der Waals surface area contributed by atoms with Gasteiger partial charge in [0.2, 0.25) is 5.91 Å².